The largest absolute Gasteiger partial charge is 0.299 e. The van der Waals surface area contributed by atoms with Crippen LogP contribution in [0.25, 0.3) is 0 Å². The Morgan fingerprint density at radius 2 is 2.15 bits per heavy atom. The monoisotopic (exact) mass is 260 g/mol. The number of carbonyl (C=O) groups is 2. The molecule has 1 aromatic rings. The Bertz CT molecular complexity index is 343. The molecular formula is C9H9BrO2S. The molecule has 0 bridgehead atoms. The molecule has 0 N–H and O–H groups in total. The van der Waals surface area contributed by atoms with Crippen LogP contribution < -0.4 is 0 Å². The lowest BCUT2D eigenvalue weighted by molar-refractivity contribution is -0.118. The zero-order chi connectivity index (χ0) is 10.0. The number of Topliss-reactive ketones (excluding diaryl/α,β-unsaturated/α-hetero) is 2. The van der Waals surface area contributed by atoms with E-state index in [-0.39, 0.29) is 11.6 Å². The molecule has 70 valence electrons. The second kappa shape index (κ2) is 4.15. The SMILES string of the molecule is CC(=O)C(C)C(=O)c1cc(Br)cs1. The summed E-state index contributed by atoms with van der Waals surface area (Å²) in [5, 5.41) is 1.83. The fraction of sp³-hybridized carbons (Fsp3) is 0.333. The lowest BCUT2D eigenvalue weighted by Crippen LogP contribution is -2.17. The van der Waals surface area contributed by atoms with E-state index >= 15 is 0 Å². The molecule has 0 saturated heterocycles. The van der Waals surface area contributed by atoms with Crippen LogP contribution in [0.1, 0.15) is 23.5 Å². The molecule has 4 heteroatoms. The Morgan fingerprint density at radius 3 is 2.54 bits per heavy atom. The van der Waals surface area contributed by atoms with Crippen LogP contribution in [0.2, 0.25) is 0 Å². The highest BCUT2D eigenvalue weighted by Crippen LogP contribution is 2.22. The van der Waals surface area contributed by atoms with Crippen molar-refractivity contribution in [2.24, 2.45) is 5.92 Å². The summed E-state index contributed by atoms with van der Waals surface area (Å²) < 4.78 is 0.886. The van der Waals surface area contributed by atoms with Crippen LogP contribution >= 0.6 is 27.3 Å². The summed E-state index contributed by atoms with van der Waals surface area (Å²) in [5.74, 6) is -0.705. The Morgan fingerprint density at radius 1 is 1.54 bits per heavy atom. The van der Waals surface area contributed by atoms with Crippen molar-refractivity contribution >= 4 is 38.8 Å². The van der Waals surface area contributed by atoms with Crippen molar-refractivity contribution in [2.75, 3.05) is 0 Å². The molecule has 0 aliphatic rings. The summed E-state index contributed by atoms with van der Waals surface area (Å²) >= 11 is 4.61. The van der Waals surface area contributed by atoms with Crippen LogP contribution in [0, 0.1) is 5.92 Å². The third kappa shape index (κ3) is 2.48. The first kappa shape index (κ1) is 10.6. The van der Waals surface area contributed by atoms with Gasteiger partial charge in [-0.05, 0) is 35.8 Å². The van der Waals surface area contributed by atoms with Crippen molar-refractivity contribution in [1.29, 1.82) is 0 Å². The summed E-state index contributed by atoms with van der Waals surface area (Å²) in [6, 6.07) is 1.74. The highest BCUT2D eigenvalue weighted by Gasteiger charge is 2.20. The summed E-state index contributed by atoms with van der Waals surface area (Å²) in [6.07, 6.45) is 0. The number of thiophene rings is 1. The molecule has 1 heterocycles. The van der Waals surface area contributed by atoms with E-state index in [1.807, 2.05) is 5.38 Å². The number of ketones is 2. The average Bonchev–Trinajstić information content (AvgIpc) is 2.49. The van der Waals surface area contributed by atoms with Crippen molar-refractivity contribution in [3.63, 3.8) is 0 Å². The van der Waals surface area contributed by atoms with Gasteiger partial charge in [0.05, 0.1) is 10.8 Å². The minimum absolute atomic E-state index is 0.0884. The van der Waals surface area contributed by atoms with Crippen LogP contribution in [-0.2, 0) is 4.79 Å². The van der Waals surface area contributed by atoms with E-state index in [2.05, 4.69) is 15.9 Å². The fourth-order valence-electron chi connectivity index (χ4n) is 0.840. The normalized spacial score (nSPS) is 12.5. The topological polar surface area (TPSA) is 34.1 Å². The minimum Gasteiger partial charge on any atom is -0.299 e. The Labute approximate surface area is 89.1 Å². The van der Waals surface area contributed by atoms with Gasteiger partial charge in [0.2, 0.25) is 0 Å². The van der Waals surface area contributed by atoms with Gasteiger partial charge in [0, 0.05) is 9.85 Å². The standard InChI is InChI=1S/C9H9BrO2S/c1-5(6(2)11)9(12)8-3-7(10)4-13-8/h3-5H,1-2H3. The molecule has 0 aliphatic carbocycles. The molecule has 1 atom stereocenters. The number of hydrogen-bond donors (Lipinski definition) is 0. The maximum absolute atomic E-state index is 11.6. The number of hydrogen-bond acceptors (Lipinski definition) is 3. The quantitative estimate of drug-likeness (QED) is 0.619. The van der Waals surface area contributed by atoms with Gasteiger partial charge in [-0.2, -0.15) is 0 Å². The first-order chi connectivity index (χ1) is 6.02. The number of carbonyl (C=O) groups excluding carboxylic acids is 2. The van der Waals surface area contributed by atoms with Crippen LogP contribution in [-0.4, -0.2) is 11.6 Å². The van der Waals surface area contributed by atoms with Gasteiger partial charge in [0.1, 0.15) is 5.78 Å². The molecule has 0 saturated carbocycles. The third-order valence-electron chi connectivity index (χ3n) is 1.81. The van der Waals surface area contributed by atoms with Gasteiger partial charge >= 0.3 is 0 Å². The Balaban J connectivity index is 2.85. The van der Waals surface area contributed by atoms with Gasteiger partial charge in [-0.25, -0.2) is 0 Å². The van der Waals surface area contributed by atoms with Crippen LogP contribution in [0.4, 0.5) is 0 Å². The van der Waals surface area contributed by atoms with Gasteiger partial charge in [-0.3, -0.25) is 9.59 Å². The average molecular weight is 261 g/mol. The van der Waals surface area contributed by atoms with Crippen molar-refractivity contribution in [3.05, 3.63) is 20.8 Å². The van der Waals surface area contributed by atoms with E-state index in [0.717, 1.165) is 4.47 Å². The fourth-order valence-corrected chi connectivity index (χ4v) is 2.30. The highest BCUT2D eigenvalue weighted by molar-refractivity contribution is 9.10. The van der Waals surface area contributed by atoms with E-state index < -0.39 is 5.92 Å². The Hall–Kier alpha value is -0.480. The van der Waals surface area contributed by atoms with Gasteiger partial charge in [0.25, 0.3) is 0 Å². The lowest BCUT2D eigenvalue weighted by Gasteiger charge is -2.02. The molecule has 0 radical (unpaired) electrons. The van der Waals surface area contributed by atoms with Crippen molar-refractivity contribution < 1.29 is 9.59 Å². The molecule has 1 rings (SSSR count). The zero-order valence-corrected chi connectivity index (χ0v) is 9.74. The van der Waals surface area contributed by atoms with Crippen LogP contribution in [0.3, 0.4) is 0 Å². The van der Waals surface area contributed by atoms with Crippen LogP contribution in [0.5, 0.6) is 0 Å². The smallest absolute Gasteiger partial charge is 0.182 e. The predicted octanol–water partition coefficient (Wildman–Crippen LogP) is 2.92. The molecule has 0 amide bonds. The van der Waals surface area contributed by atoms with Crippen molar-refractivity contribution in [2.45, 2.75) is 13.8 Å². The molecule has 1 aromatic heterocycles. The first-order valence-electron chi connectivity index (χ1n) is 3.81. The predicted molar refractivity (Wildman–Crippen MR) is 56.2 cm³/mol. The van der Waals surface area contributed by atoms with Crippen molar-refractivity contribution in [3.8, 4) is 0 Å². The zero-order valence-electron chi connectivity index (χ0n) is 7.33. The molecule has 13 heavy (non-hydrogen) atoms. The molecule has 1 unspecified atom stereocenters. The highest BCUT2D eigenvalue weighted by atomic mass is 79.9. The second-order valence-electron chi connectivity index (χ2n) is 2.83. The summed E-state index contributed by atoms with van der Waals surface area (Å²) in [5.41, 5.74) is 0. The Kier molecular flexibility index (Phi) is 3.39. The molecular weight excluding hydrogens is 252 g/mol. The van der Waals surface area contributed by atoms with E-state index in [0.29, 0.717) is 4.88 Å². The number of rotatable bonds is 3. The molecule has 0 aliphatic heterocycles. The molecule has 0 fully saturated rings. The summed E-state index contributed by atoms with van der Waals surface area (Å²) in [4.78, 5) is 23.1. The van der Waals surface area contributed by atoms with E-state index in [1.165, 1.54) is 18.3 Å². The van der Waals surface area contributed by atoms with Crippen LogP contribution in [0.15, 0.2) is 15.9 Å². The summed E-state index contributed by atoms with van der Waals surface area (Å²) in [7, 11) is 0. The maximum Gasteiger partial charge on any atom is 0.182 e. The molecule has 0 spiro atoms. The van der Waals surface area contributed by atoms with E-state index in [9.17, 15) is 9.59 Å². The maximum atomic E-state index is 11.6. The second-order valence-corrected chi connectivity index (χ2v) is 4.65. The molecule has 2 nitrogen and oxygen atoms in total. The third-order valence-corrected chi connectivity index (χ3v) is 3.52. The summed E-state index contributed by atoms with van der Waals surface area (Å²) in [6.45, 7) is 3.07. The van der Waals surface area contributed by atoms with E-state index in [1.54, 1.807) is 13.0 Å². The first-order valence-corrected chi connectivity index (χ1v) is 5.48. The van der Waals surface area contributed by atoms with Gasteiger partial charge in [-0.15, -0.1) is 11.3 Å². The molecule has 0 aromatic carbocycles. The van der Waals surface area contributed by atoms with Gasteiger partial charge < -0.3 is 0 Å². The van der Waals surface area contributed by atoms with Gasteiger partial charge in [0.15, 0.2) is 5.78 Å². The lowest BCUT2D eigenvalue weighted by atomic mass is 10.0. The minimum atomic E-state index is -0.523. The van der Waals surface area contributed by atoms with E-state index in [4.69, 9.17) is 0 Å². The van der Waals surface area contributed by atoms with Crippen molar-refractivity contribution in [1.82, 2.24) is 0 Å². The number of halogens is 1. The van der Waals surface area contributed by atoms with Gasteiger partial charge in [-0.1, -0.05) is 0 Å².